The van der Waals surface area contributed by atoms with Crippen molar-refractivity contribution in [3.05, 3.63) is 52.0 Å². The Labute approximate surface area is 146 Å². The van der Waals surface area contributed by atoms with Crippen LogP contribution in [0.5, 0.6) is 0 Å². The quantitative estimate of drug-likeness (QED) is 0.904. The Morgan fingerprint density at radius 3 is 2.96 bits per heavy atom. The maximum Gasteiger partial charge on any atom is 0.263 e. The van der Waals surface area contributed by atoms with E-state index in [-0.39, 0.29) is 18.1 Å². The number of nitrogens with one attached hydrogen (secondary N) is 1. The maximum atomic E-state index is 12.3. The summed E-state index contributed by atoms with van der Waals surface area (Å²) >= 11 is 1.37. The van der Waals surface area contributed by atoms with Gasteiger partial charge in [-0.15, -0.1) is 11.3 Å². The van der Waals surface area contributed by atoms with Crippen LogP contribution in [0.15, 0.2) is 35.8 Å². The van der Waals surface area contributed by atoms with Crippen molar-refractivity contribution < 1.29 is 9.53 Å². The summed E-state index contributed by atoms with van der Waals surface area (Å²) in [6, 6.07) is 10.4. The Morgan fingerprint density at radius 1 is 1.46 bits per heavy atom. The molecule has 1 amide bonds. The summed E-state index contributed by atoms with van der Waals surface area (Å²) in [5, 5.41) is 3.06. The monoisotopic (exact) mass is 345 g/mol. The minimum absolute atomic E-state index is 0.000334. The average Bonchev–Trinajstić information content (AvgIpc) is 3.02. The third-order valence-electron chi connectivity index (χ3n) is 4.29. The standard InChI is InChI=1S/C18H23N3O2S/c1-13(20-18(22)17-14(2)19-12-24-17)16-11-21(8-9-23-16)10-15-6-4-3-5-7-15/h3-7,12-13,16H,8-11H2,1-2H3,(H,20,22)/t13-,16-/m1/s1. The van der Waals surface area contributed by atoms with Gasteiger partial charge in [0.15, 0.2) is 0 Å². The molecule has 2 aromatic rings. The van der Waals surface area contributed by atoms with Crippen molar-refractivity contribution in [2.24, 2.45) is 0 Å². The average molecular weight is 345 g/mol. The number of thiazole rings is 1. The highest BCUT2D eigenvalue weighted by Gasteiger charge is 2.27. The third kappa shape index (κ3) is 4.20. The maximum absolute atomic E-state index is 12.3. The third-order valence-corrected chi connectivity index (χ3v) is 5.22. The molecule has 0 bridgehead atoms. The normalized spacial score (nSPS) is 19.8. The number of hydrogen-bond acceptors (Lipinski definition) is 5. The Kier molecular flexibility index (Phi) is 5.60. The number of benzene rings is 1. The summed E-state index contributed by atoms with van der Waals surface area (Å²) < 4.78 is 5.89. The predicted octanol–water partition coefficient (Wildman–Crippen LogP) is 2.47. The molecule has 0 spiro atoms. The molecule has 0 radical (unpaired) electrons. The van der Waals surface area contributed by atoms with Crippen molar-refractivity contribution in [1.29, 1.82) is 0 Å². The summed E-state index contributed by atoms with van der Waals surface area (Å²) in [6.07, 6.45) is -0.000334. The van der Waals surface area contributed by atoms with Crippen molar-refractivity contribution in [1.82, 2.24) is 15.2 Å². The van der Waals surface area contributed by atoms with Gasteiger partial charge in [0, 0.05) is 19.6 Å². The van der Waals surface area contributed by atoms with Gasteiger partial charge in [0.1, 0.15) is 4.88 Å². The zero-order valence-corrected chi connectivity index (χ0v) is 14.9. The predicted molar refractivity (Wildman–Crippen MR) is 95.2 cm³/mol. The summed E-state index contributed by atoms with van der Waals surface area (Å²) in [4.78, 5) is 19.5. The minimum Gasteiger partial charge on any atom is -0.373 e. The molecule has 3 rings (SSSR count). The lowest BCUT2D eigenvalue weighted by molar-refractivity contribution is -0.0449. The van der Waals surface area contributed by atoms with Gasteiger partial charge in [0.2, 0.25) is 0 Å². The van der Waals surface area contributed by atoms with Gasteiger partial charge in [-0.25, -0.2) is 4.98 Å². The van der Waals surface area contributed by atoms with Gasteiger partial charge in [0.25, 0.3) is 5.91 Å². The van der Waals surface area contributed by atoms with E-state index in [0.717, 1.165) is 25.3 Å². The molecule has 6 heteroatoms. The first-order chi connectivity index (χ1) is 11.6. The molecule has 1 aromatic heterocycles. The fourth-order valence-electron chi connectivity index (χ4n) is 2.90. The molecule has 0 unspecified atom stereocenters. The fraction of sp³-hybridized carbons (Fsp3) is 0.444. The van der Waals surface area contributed by atoms with Crippen LogP contribution in [-0.4, -0.2) is 47.6 Å². The lowest BCUT2D eigenvalue weighted by atomic mass is 10.1. The number of hydrogen-bond donors (Lipinski definition) is 1. The van der Waals surface area contributed by atoms with Gasteiger partial charge in [0.05, 0.1) is 30.0 Å². The lowest BCUT2D eigenvalue weighted by Crippen LogP contribution is -2.52. The highest BCUT2D eigenvalue weighted by molar-refractivity contribution is 7.11. The molecule has 2 atom stereocenters. The molecule has 1 aliphatic heterocycles. The zero-order chi connectivity index (χ0) is 16.9. The summed E-state index contributed by atoms with van der Waals surface area (Å²) in [5.74, 6) is -0.0636. The van der Waals surface area contributed by atoms with Crippen LogP contribution in [0.25, 0.3) is 0 Å². The van der Waals surface area contributed by atoms with Crippen LogP contribution < -0.4 is 5.32 Å². The molecule has 0 aliphatic carbocycles. The number of amides is 1. The van der Waals surface area contributed by atoms with Crippen molar-refractivity contribution >= 4 is 17.2 Å². The van der Waals surface area contributed by atoms with E-state index in [1.807, 2.05) is 19.9 Å². The Morgan fingerprint density at radius 2 is 2.25 bits per heavy atom. The molecule has 24 heavy (non-hydrogen) atoms. The minimum atomic E-state index is -0.0636. The number of aromatic nitrogens is 1. The van der Waals surface area contributed by atoms with Crippen LogP contribution in [-0.2, 0) is 11.3 Å². The van der Waals surface area contributed by atoms with E-state index in [9.17, 15) is 4.79 Å². The van der Waals surface area contributed by atoms with E-state index in [1.165, 1.54) is 16.9 Å². The van der Waals surface area contributed by atoms with Crippen LogP contribution in [0.3, 0.4) is 0 Å². The number of aryl methyl sites for hydroxylation is 1. The highest BCUT2D eigenvalue weighted by atomic mass is 32.1. The van der Waals surface area contributed by atoms with Gasteiger partial charge < -0.3 is 10.1 Å². The van der Waals surface area contributed by atoms with Crippen LogP contribution >= 0.6 is 11.3 Å². The molecule has 1 saturated heterocycles. The summed E-state index contributed by atoms with van der Waals surface area (Å²) in [7, 11) is 0. The first-order valence-electron chi connectivity index (χ1n) is 8.22. The second-order valence-corrected chi connectivity index (χ2v) is 7.01. The number of carbonyl (C=O) groups is 1. The number of morpholine rings is 1. The summed E-state index contributed by atoms with van der Waals surface area (Å²) in [5.41, 5.74) is 3.78. The topological polar surface area (TPSA) is 54.5 Å². The van der Waals surface area contributed by atoms with Crippen LogP contribution in [0, 0.1) is 6.92 Å². The van der Waals surface area contributed by atoms with Gasteiger partial charge in [-0.3, -0.25) is 9.69 Å². The van der Waals surface area contributed by atoms with Crippen molar-refractivity contribution in [3.8, 4) is 0 Å². The van der Waals surface area contributed by atoms with Crippen molar-refractivity contribution in [3.63, 3.8) is 0 Å². The second-order valence-electron chi connectivity index (χ2n) is 6.16. The zero-order valence-electron chi connectivity index (χ0n) is 14.1. The summed E-state index contributed by atoms with van der Waals surface area (Å²) in [6.45, 7) is 7.20. The lowest BCUT2D eigenvalue weighted by Gasteiger charge is -2.36. The van der Waals surface area contributed by atoms with Gasteiger partial charge in [-0.1, -0.05) is 30.3 Å². The van der Waals surface area contributed by atoms with E-state index in [1.54, 1.807) is 5.51 Å². The van der Waals surface area contributed by atoms with Gasteiger partial charge in [-0.05, 0) is 19.4 Å². The molecule has 1 aromatic carbocycles. The molecule has 1 fully saturated rings. The number of nitrogens with zero attached hydrogens (tertiary/aromatic N) is 2. The number of rotatable bonds is 5. The molecule has 1 aliphatic rings. The van der Waals surface area contributed by atoms with Gasteiger partial charge in [-0.2, -0.15) is 0 Å². The van der Waals surface area contributed by atoms with E-state index >= 15 is 0 Å². The van der Waals surface area contributed by atoms with Gasteiger partial charge >= 0.3 is 0 Å². The smallest absolute Gasteiger partial charge is 0.263 e. The molecule has 128 valence electrons. The van der Waals surface area contributed by atoms with E-state index in [2.05, 4.69) is 39.5 Å². The van der Waals surface area contributed by atoms with Crippen LogP contribution in [0.4, 0.5) is 0 Å². The SMILES string of the molecule is Cc1ncsc1C(=O)N[C@H](C)[C@H]1CN(Cc2ccccc2)CCO1. The highest BCUT2D eigenvalue weighted by Crippen LogP contribution is 2.15. The molecule has 0 saturated carbocycles. The molecular weight excluding hydrogens is 322 g/mol. The second kappa shape index (κ2) is 7.88. The van der Waals surface area contributed by atoms with Crippen molar-refractivity contribution in [2.75, 3.05) is 19.7 Å². The van der Waals surface area contributed by atoms with E-state index in [0.29, 0.717) is 11.5 Å². The molecule has 2 heterocycles. The first-order valence-corrected chi connectivity index (χ1v) is 9.10. The number of ether oxygens (including phenoxy) is 1. The Bertz CT molecular complexity index is 674. The van der Waals surface area contributed by atoms with Crippen LogP contribution in [0.2, 0.25) is 0 Å². The molecule has 5 nitrogen and oxygen atoms in total. The first kappa shape index (κ1) is 17.1. The fourth-order valence-corrected chi connectivity index (χ4v) is 3.61. The molecular formula is C18H23N3O2S. The largest absolute Gasteiger partial charge is 0.373 e. The van der Waals surface area contributed by atoms with Crippen molar-refractivity contribution in [2.45, 2.75) is 32.5 Å². The number of carbonyl (C=O) groups excluding carboxylic acids is 1. The molecule has 1 N–H and O–H groups in total. The Hall–Kier alpha value is -1.76. The van der Waals surface area contributed by atoms with E-state index < -0.39 is 0 Å². The Balaban J connectivity index is 1.56. The van der Waals surface area contributed by atoms with Crippen LogP contribution in [0.1, 0.15) is 27.9 Å². The van der Waals surface area contributed by atoms with E-state index in [4.69, 9.17) is 4.74 Å².